The Morgan fingerprint density at radius 2 is 2.27 bits per heavy atom. The van der Waals surface area contributed by atoms with Crippen LogP contribution in [0, 0.1) is 0 Å². The first-order chi connectivity index (χ1) is 10.6. The third-order valence-corrected chi connectivity index (χ3v) is 3.28. The number of anilines is 1. The zero-order valence-electron chi connectivity index (χ0n) is 12.5. The molecule has 0 unspecified atom stereocenters. The molecule has 8 heteroatoms. The number of nitrogens with zero attached hydrogens (tertiary/aromatic N) is 3. The maximum Gasteiger partial charge on any atom is 0.319 e. The maximum atomic E-state index is 12.0. The van der Waals surface area contributed by atoms with Gasteiger partial charge in [0.25, 0.3) is 0 Å². The van der Waals surface area contributed by atoms with Crippen LogP contribution in [0.3, 0.4) is 0 Å². The molecule has 0 aliphatic heterocycles. The van der Waals surface area contributed by atoms with Gasteiger partial charge in [-0.05, 0) is 25.1 Å². The van der Waals surface area contributed by atoms with Gasteiger partial charge in [-0.3, -0.25) is 0 Å². The average molecular weight is 324 g/mol. The normalized spacial score (nSPS) is 10.5. The molecule has 2 N–H and O–H groups in total. The van der Waals surface area contributed by atoms with E-state index in [1.165, 1.54) is 0 Å². The highest BCUT2D eigenvalue weighted by atomic mass is 35.5. The van der Waals surface area contributed by atoms with Gasteiger partial charge in [0, 0.05) is 29.9 Å². The van der Waals surface area contributed by atoms with Gasteiger partial charge in [0.2, 0.25) is 0 Å². The van der Waals surface area contributed by atoms with Crippen molar-refractivity contribution in [1.29, 1.82) is 0 Å². The number of benzene rings is 1. The summed E-state index contributed by atoms with van der Waals surface area (Å²) >= 11 is 5.95. The number of hydrogen-bond donors (Lipinski definition) is 2. The number of rotatable bonds is 6. The molecule has 2 amide bonds. The number of carbonyl (C=O) groups is 1. The Hall–Kier alpha value is -2.12. The van der Waals surface area contributed by atoms with Crippen LogP contribution in [-0.4, -0.2) is 28.1 Å². The lowest BCUT2D eigenvalue weighted by Crippen LogP contribution is -2.29. The highest BCUT2D eigenvalue weighted by Gasteiger charge is 2.09. The molecule has 22 heavy (non-hydrogen) atoms. The van der Waals surface area contributed by atoms with Gasteiger partial charge < -0.3 is 15.4 Å². The van der Waals surface area contributed by atoms with Crippen molar-refractivity contribution in [2.75, 3.05) is 12.4 Å². The van der Waals surface area contributed by atoms with E-state index in [2.05, 4.69) is 20.9 Å². The van der Waals surface area contributed by atoms with Crippen molar-refractivity contribution in [3.05, 3.63) is 40.7 Å². The van der Waals surface area contributed by atoms with E-state index >= 15 is 0 Å². The van der Waals surface area contributed by atoms with Crippen molar-refractivity contribution >= 4 is 23.3 Å². The number of aromatic nitrogens is 3. The summed E-state index contributed by atoms with van der Waals surface area (Å²) < 4.78 is 6.83. The summed E-state index contributed by atoms with van der Waals surface area (Å²) in [4.78, 5) is 12.0. The van der Waals surface area contributed by atoms with Crippen LogP contribution in [0.2, 0.25) is 5.02 Å². The summed E-state index contributed by atoms with van der Waals surface area (Å²) in [7, 11) is 1.59. The van der Waals surface area contributed by atoms with Crippen molar-refractivity contribution in [2.45, 2.75) is 26.6 Å². The number of amides is 2. The Kier molecular flexibility index (Phi) is 5.74. The minimum absolute atomic E-state index is 0.316. The van der Waals surface area contributed by atoms with Crippen LogP contribution >= 0.6 is 11.6 Å². The van der Waals surface area contributed by atoms with Gasteiger partial charge in [-0.2, -0.15) is 0 Å². The fraction of sp³-hybridized carbons (Fsp3) is 0.357. The number of aryl methyl sites for hydroxylation is 1. The molecule has 1 heterocycles. The zero-order valence-corrected chi connectivity index (χ0v) is 13.2. The van der Waals surface area contributed by atoms with Crippen molar-refractivity contribution in [3.63, 3.8) is 0 Å². The Bertz CT molecular complexity index is 644. The number of methoxy groups -OCH3 is 1. The number of urea groups is 1. The number of hydrogen-bond acceptors (Lipinski definition) is 4. The number of halogens is 1. The van der Waals surface area contributed by atoms with Crippen molar-refractivity contribution in [2.24, 2.45) is 0 Å². The molecule has 0 saturated carbocycles. The van der Waals surface area contributed by atoms with Gasteiger partial charge >= 0.3 is 6.03 Å². The van der Waals surface area contributed by atoms with E-state index in [9.17, 15) is 4.79 Å². The van der Waals surface area contributed by atoms with Crippen LogP contribution in [-0.2, 0) is 24.4 Å². The van der Waals surface area contributed by atoms with Crippen LogP contribution in [0.4, 0.5) is 10.5 Å². The van der Waals surface area contributed by atoms with Crippen LogP contribution in [0.1, 0.15) is 18.2 Å². The van der Waals surface area contributed by atoms with Crippen LogP contribution in [0.5, 0.6) is 0 Å². The molecule has 1 aromatic heterocycles. The van der Waals surface area contributed by atoms with Crippen LogP contribution in [0.25, 0.3) is 0 Å². The Labute approximate surface area is 133 Å². The highest BCUT2D eigenvalue weighted by Crippen LogP contribution is 2.21. The number of carbonyl (C=O) groups excluding carboxylic acids is 1. The smallest absolute Gasteiger partial charge is 0.319 e. The molecule has 0 aliphatic carbocycles. The summed E-state index contributed by atoms with van der Waals surface area (Å²) in [6.07, 6.45) is 1.63. The second-order valence-corrected chi connectivity index (χ2v) is 5.02. The predicted octanol–water partition coefficient (Wildman–Crippen LogP) is 2.42. The van der Waals surface area contributed by atoms with E-state index in [1.807, 2.05) is 6.92 Å². The maximum absolute atomic E-state index is 12.0. The molecule has 0 aliphatic rings. The molecule has 7 nitrogen and oxygen atoms in total. The van der Waals surface area contributed by atoms with Crippen molar-refractivity contribution in [3.8, 4) is 0 Å². The van der Waals surface area contributed by atoms with E-state index in [4.69, 9.17) is 16.3 Å². The summed E-state index contributed by atoms with van der Waals surface area (Å²) in [6, 6.07) is 4.90. The number of ether oxygens (including phenoxy) is 1. The van der Waals surface area contributed by atoms with Crippen LogP contribution < -0.4 is 10.6 Å². The van der Waals surface area contributed by atoms with Gasteiger partial charge in [-0.15, -0.1) is 5.10 Å². The topological polar surface area (TPSA) is 81.1 Å². The number of nitrogens with one attached hydrogen (secondary N) is 2. The second kappa shape index (κ2) is 7.77. The lowest BCUT2D eigenvalue weighted by Gasteiger charge is -2.12. The molecule has 0 spiro atoms. The van der Waals surface area contributed by atoms with Crippen molar-refractivity contribution in [1.82, 2.24) is 20.3 Å². The van der Waals surface area contributed by atoms with E-state index in [-0.39, 0.29) is 6.03 Å². The summed E-state index contributed by atoms with van der Waals surface area (Å²) in [6.45, 7) is 3.37. The molecule has 0 radical (unpaired) electrons. The molecular weight excluding hydrogens is 306 g/mol. The quantitative estimate of drug-likeness (QED) is 0.855. The Morgan fingerprint density at radius 1 is 1.45 bits per heavy atom. The second-order valence-electron chi connectivity index (χ2n) is 4.58. The van der Waals surface area contributed by atoms with E-state index in [0.29, 0.717) is 30.4 Å². The molecule has 2 aromatic rings. The lowest BCUT2D eigenvalue weighted by molar-refractivity contribution is 0.185. The predicted molar refractivity (Wildman–Crippen MR) is 83.7 cm³/mol. The molecule has 2 rings (SSSR count). The van der Waals surface area contributed by atoms with E-state index in [1.54, 1.807) is 36.2 Å². The summed E-state index contributed by atoms with van der Waals surface area (Å²) in [5.74, 6) is 0. The monoisotopic (exact) mass is 323 g/mol. The minimum Gasteiger partial charge on any atom is -0.380 e. The molecule has 1 aromatic carbocycles. The van der Waals surface area contributed by atoms with Gasteiger partial charge in [0.15, 0.2) is 0 Å². The average Bonchev–Trinajstić information content (AvgIpc) is 2.96. The molecule has 0 atom stereocenters. The Morgan fingerprint density at radius 3 is 3.00 bits per heavy atom. The molecule has 0 fully saturated rings. The lowest BCUT2D eigenvalue weighted by atomic mass is 10.2. The third kappa shape index (κ3) is 4.19. The summed E-state index contributed by atoms with van der Waals surface area (Å²) in [5.41, 5.74) is 2.31. The standard InChI is InChI=1S/C14H18ClN5O2/c1-3-20-12(8-17-19-20)7-16-14(21)18-13-5-4-11(15)6-10(13)9-22-2/h4-6,8H,3,7,9H2,1-2H3,(H2,16,18,21). The third-order valence-electron chi connectivity index (χ3n) is 3.04. The van der Waals surface area contributed by atoms with Gasteiger partial charge in [0.1, 0.15) is 0 Å². The molecular formula is C14H18ClN5O2. The zero-order chi connectivity index (χ0) is 15.9. The van der Waals surface area contributed by atoms with Crippen LogP contribution in [0.15, 0.2) is 24.4 Å². The largest absolute Gasteiger partial charge is 0.380 e. The minimum atomic E-state index is -0.316. The van der Waals surface area contributed by atoms with E-state index < -0.39 is 0 Å². The SMILES string of the molecule is CCn1nncc1CNC(=O)Nc1ccc(Cl)cc1COC. The van der Waals surface area contributed by atoms with Gasteiger partial charge in [0.05, 0.1) is 25.0 Å². The molecule has 118 valence electrons. The molecule has 0 saturated heterocycles. The fourth-order valence-electron chi connectivity index (χ4n) is 1.98. The van der Waals surface area contributed by atoms with Gasteiger partial charge in [-0.25, -0.2) is 9.48 Å². The first kappa shape index (κ1) is 16.3. The first-order valence-corrected chi connectivity index (χ1v) is 7.21. The van der Waals surface area contributed by atoms with Crippen molar-refractivity contribution < 1.29 is 9.53 Å². The van der Waals surface area contributed by atoms with E-state index in [0.717, 1.165) is 11.3 Å². The fourth-order valence-corrected chi connectivity index (χ4v) is 2.17. The summed E-state index contributed by atoms with van der Waals surface area (Å²) in [5, 5.41) is 13.9. The van der Waals surface area contributed by atoms with Gasteiger partial charge in [-0.1, -0.05) is 16.8 Å². The highest BCUT2D eigenvalue weighted by molar-refractivity contribution is 6.30. The molecule has 0 bridgehead atoms. The Balaban J connectivity index is 1.97. The first-order valence-electron chi connectivity index (χ1n) is 6.83.